The Labute approximate surface area is 113 Å². The van der Waals surface area contributed by atoms with Gasteiger partial charge in [0, 0.05) is 37.5 Å². The van der Waals surface area contributed by atoms with Crippen molar-refractivity contribution in [2.24, 2.45) is 7.05 Å². The third-order valence-electron chi connectivity index (χ3n) is 3.58. The van der Waals surface area contributed by atoms with Gasteiger partial charge in [-0.05, 0) is 12.8 Å². The maximum atomic E-state index is 11.8. The number of ketones is 1. The molecule has 1 fully saturated rings. The fraction of sp³-hybridized carbons (Fsp3) is 0.714. The molecule has 1 aromatic rings. The van der Waals surface area contributed by atoms with Crippen LogP contribution in [0.5, 0.6) is 0 Å². The standard InChI is InChI=1S/C14H22N2OS/c1-16-10-9-15-14(16)8-7-12(17)11-18-13-5-3-2-4-6-13/h9-10,13H,2-8,11H2,1H3. The number of hydrogen-bond acceptors (Lipinski definition) is 3. The van der Waals surface area contributed by atoms with Crippen LogP contribution in [0.15, 0.2) is 12.4 Å². The van der Waals surface area contributed by atoms with Gasteiger partial charge in [-0.2, -0.15) is 11.8 Å². The van der Waals surface area contributed by atoms with Gasteiger partial charge in [-0.25, -0.2) is 4.98 Å². The summed E-state index contributed by atoms with van der Waals surface area (Å²) in [6, 6.07) is 0. The van der Waals surface area contributed by atoms with Crippen LogP contribution in [0.3, 0.4) is 0 Å². The Morgan fingerprint density at radius 2 is 2.22 bits per heavy atom. The first-order valence-electron chi connectivity index (χ1n) is 6.85. The summed E-state index contributed by atoms with van der Waals surface area (Å²) in [5.74, 6) is 2.06. The Morgan fingerprint density at radius 1 is 1.44 bits per heavy atom. The van der Waals surface area contributed by atoms with E-state index in [1.165, 1.54) is 32.1 Å². The van der Waals surface area contributed by atoms with Crippen molar-refractivity contribution in [1.82, 2.24) is 9.55 Å². The van der Waals surface area contributed by atoms with Crippen LogP contribution in [0.2, 0.25) is 0 Å². The van der Waals surface area contributed by atoms with Gasteiger partial charge in [-0.1, -0.05) is 19.3 Å². The van der Waals surface area contributed by atoms with E-state index >= 15 is 0 Å². The third-order valence-corrected chi connectivity index (χ3v) is 5.01. The minimum absolute atomic E-state index is 0.369. The van der Waals surface area contributed by atoms with E-state index in [-0.39, 0.29) is 0 Å². The monoisotopic (exact) mass is 266 g/mol. The van der Waals surface area contributed by atoms with Gasteiger partial charge in [0.25, 0.3) is 0 Å². The van der Waals surface area contributed by atoms with Crippen LogP contribution < -0.4 is 0 Å². The predicted molar refractivity (Wildman–Crippen MR) is 75.9 cm³/mol. The van der Waals surface area contributed by atoms with Crippen molar-refractivity contribution in [3.63, 3.8) is 0 Å². The van der Waals surface area contributed by atoms with Crippen molar-refractivity contribution < 1.29 is 4.79 Å². The summed E-state index contributed by atoms with van der Waals surface area (Å²) in [5.41, 5.74) is 0. The van der Waals surface area contributed by atoms with Crippen molar-refractivity contribution >= 4 is 17.5 Å². The maximum Gasteiger partial charge on any atom is 0.143 e. The molecule has 0 bridgehead atoms. The smallest absolute Gasteiger partial charge is 0.143 e. The summed E-state index contributed by atoms with van der Waals surface area (Å²) >= 11 is 1.87. The largest absolute Gasteiger partial charge is 0.338 e. The molecule has 18 heavy (non-hydrogen) atoms. The number of carbonyl (C=O) groups is 1. The van der Waals surface area contributed by atoms with Crippen LogP contribution in [0, 0.1) is 0 Å². The molecular formula is C14H22N2OS. The molecule has 0 amide bonds. The van der Waals surface area contributed by atoms with Gasteiger partial charge < -0.3 is 4.57 Å². The van der Waals surface area contributed by atoms with Crippen LogP contribution >= 0.6 is 11.8 Å². The van der Waals surface area contributed by atoms with Crippen LogP contribution in [0.25, 0.3) is 0 Å². The molecule has 0 saturated heterocycles. The third kappa shape index (κ3) is 4.16. The Hall–Kier alpha value is -0.770. The van der Waals surface area contributed by atoms with Crippen LogP contribution in [0.1, 0.15) is 44.3 Å². The lowest BCUT2D eigenvalue weighted by Gasteiger charge is -2.20. The fourth-order valence-electron chi connectivity index (χ4n) is 2.40. The summed E-state index contributed by atoms with van der Waals surface area (Å²) in [7, 11) is 1.98. The lowest BCUT2D eigenvalue weighted by Crippen LogP contribution is -2.13. The molecule has 100 valence electrons. The van der Waals surface area contributed by atoms with Gasteiger partial charge in [-0.3, -0.25) is 4.79 Å². The Balaban J connectivity index is 1.64. The second kappa shape index (κ2) is 6.98. The van der Waals surface area contributed by atoms with E-state index < -0.39 is 0 Å². The zero-order valence-corrected chi connectivity index (χ0v) is 11.9. The van der Waals surface area contributed by atoms with Crippen molar-refractivity contribution in [3.8, 4) is 0 Å². The molecule has 2 rings (SSSR count). The van der Waals surface area contributed by atoms with Gasteiger partial charge in [0.1, 0.15) is 11.6 Å². The molecule has 0 spiro atoms. The Kier molecular flexibility index (Phi) is 5.29. The molecule has 0 unspecified atom stereocenters. The summed E-state index contributed by atoms with van der Waals surface area (Å²) in [6.07, 6.45) is 11.8. The number of imidazole rings is 1. The van der Waals surface area contributed by atoms with E-state index in [0.717, 1.165) is 17.5 Å². The number of aryl methyl sites for hydroxylation is 2. The van der Waals surface area contributed by atoms with E-state index in [0.29, 0.717) is 18.0 Å². The minimum Gasteiger partial charge on any atom is -0.338 e. The zero-order valence-electron chi connectivity index (χ0n) is 11.1. The molecule has 1 heterocycles. The molecule has 1 aliphatic carbocycles. The fourth-order valence-corrected chi connectivity index (χ4v) is 3.64. The molecule has 1 aromatic heterocycles. The van der Waals surface area contributed by atoms with Gasteiger partial charge in [0.2, 0.25) is 0 Å². The molecule has 0 aliphatic heterocycles. The summed E-state index contributed by atoms with van der Waals surface area (Å²) < 4.78 is 1.99. The van der Waals surface area contributed by atoms with E-state index in [2.05, 4.69) is 4.98 Å². The van der Waals surface area contributed by atoms with Crippen molar-refractivity contribution in [3.05, 3.63) is 18.2 Å². The van der Waals surface area contributed by atoms with Crippen molar-refractivity contribution in [2.75, 3.05) is 5.75 Å². The minimum atomic E-state index is 0.369. The van der Waals surface area contributed by atoms with E-state index in [1.54, 1.807) is 6.20 Å². The topological polar surface area (TPSA) is 34.9 Å². The molecule has 1 aliphatic rings. The van der Waals surface area contributed by atoms with Crippen molar-refractivity contribution in [2.45, 2.75) is 50.2 Å². The second-order valence-corrected chi connectivity index (χ2v) is 6.35. The van der Waals surface area contributed by atoms with Gasteiger partial charge >= 0.3 is 0 Å². The molecule has 0 atom stereocenters. The number of nitrogens with zero attached hydrogens (tertiary/aromatic N) is 2. The van der Waals surface area contributed by atoms with E-state index in [9.17, 15) is 4.79 Å². The van der Waals surface area contributed by atoms with Crippen molar-refractivity contribution in [1.29, 1.82) is 0 Å². The molecule has 0 radical (unpaired) electrons. The quantitative estimate of drug-likeness (QED) is 0.794. The van der Waals surface area contributed by atoms with Gasteiger partial charge in [0.05, 0.1) is 5.75 Å². The highest BCUT2D eigenvalue weighted by molar-refractivity contribution is 8.00. The lowest BCUT2D eigenvalue weighted by atomic mass is 10.0. The highest BCUT2D eigenvalue weighted by atomic mass is 32.2. The molecule has 4 heteroatoms. The van der Waals surface area contributed by atoms with Crippen LogP contribution in [-0.4, -0.2) is 26.3 Å². The van der Waals surface area contributed by atoms with E-state index in [4.69, 9.17) is 0 Å². The first kappa shape index (κ1) is 13.7. The Bertz CT molecular complexity index is 383. The number of hydrogen-bond donors (Lipinski definition) is 0. The Morgan fingerprint density at radius 3 is 2.89 bits per heavy atom. The molecule has 0 N–H and O–H groups in total. The molecule has 3 nitrogen and oxygen atoms in total. The predicted octanol–water partition coefficient (Wildman–Crippen LogP) is 2.99. The summed E-state index contributed by atoms with van der Waals surface area (Å²) in [5, 5.41) is 0.732. The number of thioether (sulfide) groups is 1. The second-order valence-electron chi connectivity index (χ2n) is 5.06. The average molecular weight is 266 g/mol. The van der Waals surface area contributed by atoms with Gasteiger partial charge in [-0.15, -0.1) is 0 Å². The first-order valence-corrected chi connectivity index (χ1v) is 7.90. The normalized spacial score (nSPS) is 16.9. The summed E-state index contributed by atoms with van der Waals surface area (Å²) in [6.45, 7) is 0. The zero-order chi connectivity index (χ0) is 12.8. The highest BCUT2D eigenvalue weighted by Crippen LogP contribution is 2.28. The van der Waals surface area contributed by atoms with Gasteiger partial charge in [0.15, 0.2) is 0 Å². The average Bonchev–Trinajstić information content (AvgIpc) is 2.81. The van der Waals surface area contributed by atoms with Crippen LogP contribution in [-0.2, 0) is 18.3 Å². The number of aromatic nitrogens is 2. The lowest BCUT2D eigenvalue weighted by molar-refractivity contribution is -0.116. The van der Waals surface area contributed by atoms with E-state index in [1.807, 2.05) is 29.6 Å². The molecular weight excluding hydrogens is 244 g/mol. The summed E-state index contributed by atoms with van der Waals surface area (Å²) in [4.78, 5) is 16.1. The SMILES string of the molecule is Cn1ccnc1CCC(=O)CSC1CCCCC1. The van der Waals surface area contributed by atoms with Crippen LogP contribution in [0.4, 0.5) is 0 Å². The molecule has 0 aromatic carbocycles. The first-order chi connectivity index (χ1) is 8.75. The number of rotatable bonds is 6. The number of Topliss-reactive ketones (excluding diaryl/α,β-unsaturated/α-hetero) is 1. The number of carbonyl (C=O) groups excluding carboxylic acids is 1. The highest BCUT2D eigenvalue weighted by Gasteiger charge is 2.15. The molecule has 1 saturated carbocycles. The maximum absolute atomic E-state index is 11.8.